The molecule has 1 aromatic heterocycles. The first-order chi connectivity index (χ1) is 13.1. The summed E-state index contributed by atoms with van der Waals surface area (Å²) in [4.78, 5) is 11.9. The number of aromatic nitrogens is 2. The number of thioether (sulfide) groups is 1. The monoisotopic (exact) mass is 398 g/mol. The number of benzene rings is 2. The molecule has 0 fully saturated rings. The van der Waals surface area contributed by atoms with Crippen molar-refractivity contribution in [2.45, 2.75) is 12.1 Å². The smallest absolute Gasteiger partial charge is 0.339 e. The topological polar surface area (TPSA) is 65.2 Å². The Labute approximate surface area is 166 Å². The third-order valence-corrected chi connectivity index (χ3v) is 4.34. The van der Waals surface area contributed by atoms with Crippen LogP contribution in [-0.2, 0) is 4.74 Å². The minimum atomic E-state index is -0.385. The molecule has 0 aliphatic rings. The third kappa shape index (κ3) is 5.61. The van der Waals surface area contributed by atoms with Crippen molar-refractivity contribution >= 4 is 29.3 Å². The molecule has 2 aromatic carbocycles. The Balaban J connectivity index is 1.45. The van der Waals surface area contributed by atoms with Crippen LogP contribution in [-0.4, -0.2) is 28.5 Å². The summed E-state index contributed by atoms with van der Waals surface area (Å²) >= 11 is 7.26. The van der Waals surface area contributed by atoms with Crippen LogP contribution in [0.15, 0.2) is 58.2 Å². The van der Waals surface area contributed by atoms with Crippen molar-refractivity contribution in [2.75, 3.05) is 12.4 Å². The van der Waals surface area contributed by atoms with Crippen molar-refractivity contribution in [1.29, 1.82) is 0 Å². The zero-order chi connectivity index (χ0) is 19.1. The van der Waals surface area contributed by atoms with Crippen LogP contribution in [0.25, 0.3) is 11.5 Å². The second kappa shape index (κ2) is 9.26. The number of carbonyl (C=O) groups excluding carboxylic acids is 1. The highest BCUT2D eigenvalue weighted by atomic mass is 35.5. The second-order valence-electron chi connectivity index (χ2n) is 5.47. The van der Waals surface area contributed by atoms with Gasteiger partial charge in [-0.2, -0.15) is 0 Å². The van der Waals surface area contributed by atoms with E-state index in [2.05, 4.69) is 22.0 Å². The lowest BCUT2D eigenvalue weighted by Crippen LogP contribution is -2.05. The lowest BCUT2D eigenvalue weighted by molar-refractivity contribution is 0.0556. The summed E-state index contributed by atoms with van der Waals surface area (Å²) in [5, 5.41) is 8.97. The maximum atomic E-state index is 11.9. The lowest BCUT2D eigenvalue weighted by Gasteiger charge is -2.01. The minimum absolute atomic E-state index is 0.0327. The molecule has 3 aromatic rings. The summed E-state index contributed by atoms with van der Waals surface area (Å²) in [7, 11) is 0. The SMILES string of the molecule is Cc1cccc(C(=O)OCC#CCSc2nnc(-c3cccc(Cl)c3)o2)c1. The van der Waals surface area contributed by atoms with Crippen LogP contribution in [0.1, 0.15) is 15.9 Å². The van der Waals surface area contributed by atoms with Crippen molar-refractivity contribution in [3.63, 3.8) is 0 Å². The summed E-state index contributed by atoms with van der Waals surface area (Å²) in [6.45, 7) is 1.95. The van der Waals surface area contributed by atoms with E-state index in [1.165, 1.54) is 11.8 Å². The van der Waals surface area contributed by atoms with Crippen LogP contribution >= 0.6 is 23.4 Å². The van der Waals surface area contributed by atoms with Gasteiger partial charge in [0.15, 0.2) is 6.61 Å². The Morgan fingerprint density at radius 2 is 2.04 bits per heavy atom. The number of hydrogen-bond donors (Lipinski definition) is 0. The van der Waals surface area contributed by atoms with Gasteiger partial charge in [0.25, 0.3) is 5.22 Å². The molecule has 0 N–H and O–H groups in total. The highest BCUT2D eigenvalue weighted by Gasteiger charge is 2.09. The fraction of sp³-hybridized carbons (Fsp3) is 0.150. The summed E-state index contributed by atoms with van der Waals surface area (Å²) in [6.07, 6.45) is 0. The Kier molecular flexibility index (Phi) is 6.53. The van der Waals surface area contributed by atoms with Gasteiger partial charge in [0.05, 0.1) is 11.3 Å². The number of hydrogen-bond acceptors (Lipinski definition) is 6. The van der Waals surface area contributed by atoms with E-state index in [1.54, 1.807) is 24.3 Å². The van der Waals surface area contributed by atoms with Gasteiger partial charge in [-0.15, -0.1) is 10.2 Å². The van der Waals surface area contributed by atoms with Crippen LogP contribution in [0.2, 0.25) is 5.02 Å². The average Bonchev–Trinajstić information content (AvgIpc) is 3.13. The molecule has 0 unspecified atom stereocenters. The normalized spacial score (nSPS) is 10.1. The second-order valence-corrected chi connectivity index (χ2v) is 6.83. The molecule has 0 spiro atoms. The quantitative estimate of drug-likeness (QED) is 0.354. The molecular weight excluding hydrogens is 384 g/mol. The van der Waals surface area contributed by atoms with Gasteiger partial charge in [-0.05, 0) is 37.3 Å². The van der Waals surface area contributed by atoms with Gasteiger partial charge in [0.2, 0.25) is 5.89 Å². The number of aryl methyl sites for hydroxylation is 1. The highest BCUT2D eigenvalue weighted by Crippen LogP contribution is 2.24. The van der Waals surface area contributed by atoms with E-state index in [0.717, 1.165) is 11.1 Å². The summed E-state index contributed by atoms with van der Waals surface area (Å²) in [5.74, 6) is 6.15. The maximum absolute atomic E-state index is 11.9. The molecule has 0 bridgehead atoms. The summed E-state index contributed by atoms with van der Waals surface area (Å²) < 4.78 is 10.7. The van der Waals surface area contributed by atoms with E-state index >= 15 is 0 Å². The molecular formula is C20H15ClN2O3S. The van der Waals surface area contributed by atoms with Crippen molar-refractivity contribution in [3.8, 4) is 23.3 Å². The van der Waals surface area contributed by atoms with Crippen molar-refractivity contribution in [1.82, 2.24) is 10.2 Å². The average molecular weight is 399 g/mol. The van der Waals surface area contributed by atoms with Crippen molar-refractivity contribution in [3.05, 3.63) is 64.7 Å². The van der Waals surface area contributed by atoms with E-state index in [4.69, 9.17) is 20.8 Å². The fourth-order valence-corrected chi connectivity index (χ4v) is 2.89. The number of carbonyl (C=O) groups is 1. The van der Waals surface area contributed by atoms with E-state index in [-0.39, 0.29) is 12.6 Å². The molecule has 7 heteroatoms. The summed E-state index contributed by atoms with van der Waals surface area (Å²) in [5.41, 5.74) is 2.28. The number of esters is 1. The third-order valence-electron chi connectivity index (χ3n) is 3.40. The number of ether oxygens (including phenoxy) is 1. The molecule has 136 valence electrons. The zero-order valence-electron chi connectivity index (χ0n) is 14.4. The predicted octanol–water partition coefficient (Wildman–Crippen LogP) is 4.65. The van der Waals surface area contributed by atoms with Gasteiger partial charge in [0, 0.05) is 10.6 Å². The van der Waals surface area contributed by atoms with Crippen LogP contribution < -0.4 is 0 Å². The van der Waals surface area contributed by atoms with Crippen LogP contribution in [0.4, 0.5) is 0 Å². The van der Waals surface area contributed by atoms with Gasteiger partial charge in [-0.3, -0.25) is 0 Å². The lowest BCUT2D eigenvalue weighted by atomic mass is 10.1. The molecule has 27 heavy (non-hydrogen) atoms. The Morgan fingerprint density at radius 1 is 1.19 bits per heavy atom. The predicted molar refractivity (Wildman–Crippen MR) is 105 cm³/mol. The highest BCUT2D eigenvalue weighted by molar-refractivity contribution is 7.99. The van der Waals surface area contributed by atoms with Gasteiger partial charge in [-0.1, -0.05) is 59.0 Å². The molecule has 0 aliphatic heterocycles. The van der Waals surface area contributed by atoms with Gasteiger partial charge >= 0.3 is 5.97 Å². The fourth-order valence-electron chi connectivity index (χ4n) is 2.16. The number of nitrogens with zero attached hydrogens (tertiary/aromatic N) is 2. The first-order valence-corrected chi connectivity index (χ1v) is 9.40. The van der Waals surface area contributed by atoms with Crippen LogP contribution in [0.3, 0.4) is 0 Å². The molecule has 0 aliphatic carbocycles. The van der Waals surface area contributed by atoms with Gasteiger partial charge in [0.1, 0.15) is 0 Å². The number of halogens is 1. The minimum Gasteiger partial charge on any atom is -0.449 e. The molecule has 3 rings (SSSR count). The van der Waals surface area contributed by atoms with Gasteiger partial charge in [-0.25, -0.2) is 4.79 Å². The van der Waals surface area contributed by atoms with Crippen LogP contribution in [0.5, 0.6) is 0 Å². The Bertz CT molecular complexity index is 1010. The first kappa shape index (κ1) is 19.0. The van der Waals surface area contributed by atoms with E-state index < -0.39 is 0 Å². The summed E-state index contributed by atoms with van der Waals surface area (Å²) in [6, 6.07) is 14.4. The van der Waals surface area contributed by atoms with Crippen molar-refractivity contribution < 1.29 is 13.9 Å². The maximum Gasteiger partial charge on any atom is 0.339 e. The largest absolute Gasteiger partial charge is 0.449 e. The molecule has 0 radical (unpaired) electrons. The van der Waals surface area contributed by atoms with Crippen LogP contribution in [0, 0.1) is 18.8 Å². The molecule has 0 saturated heterocycles. The van der Waals surface area contributed by atoms with E-state index in [9.17, 15) is 4.79 Å². The molecule has 5 nitrogen and oxygen atoms in total. The molecule has 0 amide bonds. The Hall–Kier alpha value is -2.75. The zero-order valence-corrected chi connectivity index (χ0v) is 16.0. The van der Waals surface area contributed by atoms with Crippen molar-refractivity contribution in [2.24, 2.45) is 0 Å². The van der Waals surface area contributed by atoms with E-state index in [1.807, 2.05) is 31.2 Å². The van der Waals surface area contributed by atoms with E-state index in [0.29, 0.717) is 27.5 Å². The van der Waals surface area contributed by atoms with Gasteiger partial charge < -0.3 is 9.15 Å². The first-order valence-electron chi connectivity index (χ1n) is 8.03. The number of rotatable bonds is 5. The Morgan fingerprint density at radius 3 is 2.85 bits per heavy atom. The molecule has 0 atom stereocenters. The molecule has 0 saturated carbocycles. The molecule has 1 heterocycles. The standard InChI is InChI=1S/C20H15ClN2O3S/c1-14-6-4-8-16(12-14)19(24)25-10-2-3-11-27-20-23-22-18(26-20)15-7-5-9-17(21)13-15/h4-9,12-13H,10-11H2,1H3.